The number of nitrogens with one attached hydrogen (secondary N) is 1. The van der Waals surface area contributed by atoms with Crippen LogP contribution in [0.1, 0.15) is 18.4 Å². The molecule has 2 fully saturated rings. The van der Waals surface area contributed by atoms with E-state index in [-0.39, 0.29) is 25.3 Å². The van der Waals surface area contributed by atoms with E-state index in [1.807, 2.05) is 0 Å². The van der Waals surface area contributed by atoms with Gasteiger partial charge in [0.15, 0.2) is 0 Å². The Morgan fingerprint density at radius 3 is 2.82 bits per heavy atom. The number of carbonyl (C=O) groups is 3. The molecule has 1 aromatic rings. The van der Waals surface area contributed by atoms with Gasteiger partial charge in [-0.2, -0.15) is 13.5 Å². The van der Waals surface area contributed by atoms with E-state index in [1.165, 1.54) is 7.05 Å². The third kappa shape index (κ3) is 4.37. The van der Waals surface area contributed by atoms with Crippen LogP contribution in [0.4, 0.5) is 4.79 Å². The lowest BCUT2D eigenvalue weighted by atomic mass is 10.0. The molecule has 2 atom stereocenters. The minimum Gasteiger partial charge on any atom is -0.309 e. The van der Waals surface area contributed by atoms with E-state index in [1.54, 1.807) is 24.5 Å². The molecule has 2 bridgehead atoms. The maximum Gasteiger partial charge on any atom is 0.418 e. The van der Waals surface area contributed by atoms with Gasteiger partial charge in [-0.1, -0.05) is 6.07 Å². The van der Waals surface area contributed by atoms with Crippen molar-refractivity contribution in [1.82, 2.24) is 25.4 Å². The number of hydrogen-bond donors (Lipinski definition) is 2. The Morgan fingerprint density at radius 1 is 1.43 bits per heavy atom. The van der Waals surface area contributed by atoms with Gasteiger partial charge in [0.25, 0.3) is 5.91 Å². The molecule has 2 N–H and O–H groups in total. The number of carbonyl (C=O) groups excluding carboxylic acids is 3. The Hall–Kier alpha value is -2.77. The summed E-state index contributed by atoms with van der Waals surface area (Å²) in [6, 6.07) is 1.09. The third-order valence-corrected chi connectivity index (χ3v) is 4.88. The van der Waals surface area contributed by atoms with Crippen LogP contribution in [-0.4, -0.2) is 76.4 Å². The molecule has 3 rings (SSSR count). The number of pyridine rings is 1. The Labute approximate surface area is 160 Å². The number of urea groups is 1. The lowest BCUT2D eigenvalue weighted by molar-refractivity contribution is -0.141. The van der Waals surface area contributed by atoms with Gasteiger partial charge in [-0.05, 0) is 24.5 Å². The second-order valence-corrected chi connectivity index (χ2v) is 7.48. The van der Waals surface area contributed by atoms with Gasteiger partial charge in [0.05, 0.1) is 12.5 Å². The van der Waals surface area contributed by atoms with E-state index in [0.29, 0.717) is 17.0 Å². The van der Waals surface area contributed by atoms with Gasteiger partial charge in [0.2, 0.25) is 5.91 Å². The van der Waals surface area contributed by atoms with Crippen LogP contribution in [0, 0.1) is 0 Å². The first kappa shape index (κ1) is 20.0. The molecule has 1 aromatic heterocycles. The summed E-state index contributed by atoms with van der Waals surface area (Å²) in [6.07, 6.45) is 3.71. The van der Waals surface area contributed by atoms with Crippen molar-refractivity contribution in [3.05, 3.63) is 30.1 Å². The van der Waals surface area contributed by atoms with Gasteiger partial charge >= 0.3 is 16.4 Å². The van der Waals surface area contributed by atoms with Gasteiger partial charge in [-0.15, -0.1) is 4.28 Å². The molecule has 2 saturated heterocycles. The summed E-state index contributed by atoms with van der Waals surface area (Å²) in [5, 5.41) is 1.59. The molecule has 0 aliphatic carbocycles. The first-order valence-electron chi connectivity index (χ1n) is 8.38. The second-order valence-electron chi connectivity index (χ2n) is 6.48. The van der Waals surface area contributed by atoms with Crippen molar-refractivity contribution in [1.29, 1.82) is 0 Å². The SMILES string of the molecule is CN(NC(=O)[C@@H]1CC[C@@H]2CN1C(=O)N2OS(=O)(=O)O)C(=O)Cc1cccnc1. The zero-order valence-electron chi connectivity index (χ0n) is 14.9. The number of aromatic nitrogens is 1. The number of hydrazine groups is 1. The van der Waals surface area contributed by atoms with Crippen molar-refractivity contribution in [3.8, 4) is 0 Å². The minimum atomic E-state index is -4.86. The quantitative estimate of drug-likeness (QED) is 0.467. The van der Waals surface area contributed by atoms with Gasteiger partial charge < -0.3 is 4.90 Å². The van der Waals surface area contributed by atoms with Gasteiger partial charge in [0.1, 0.15) is 6.04 Å². The van der Waals surface area contributed by atoms with Gasteiger partial charge in [0, 0.05) is 26.0 Å². The topological polar surface area (TPSA) is 149 Å². The summed E-state index contributed by atoms with van der Waals surface area (Å²) in [5.74, 6) is -0.957. The maximum atomic E-state index is 12.6. The molecule has 3 heterocycles. The van der Waals surface area contributed by atoms with E-state index in [4.69, 9.17) is 4.55 Å². The van der Waals surface area contributed by atoms with Gasteiger partial charge in [-0.25, -0.2) is 4.79 Å². The molecule has 4 amide bonds. The Morgan fingerprint density at radius 2 is 2.18 bits per heavy atom. The van der Waals surface area contributed by atoms with Crippen LogP contribution in [-0.2, 0) is 30.7 Å². The molecule has 0 saturated carbocycles. The molecule has 13 heteroatoms. The summed E-state index contributed by atoms with van der Waals surface area (Å²) < 4.78 is 34.9. The normalized spacial score (nSPS) is 21.6. The fraction of sp³-hybridized carbons (Fsp3) is 0.467. The number of fused-ring (bicyclic) bond motifs is 2. The van der Waals surface area contributed by atoms with E-state index in [0.717, 1.165) is 9.91 Å². The Kier molecular flexibility index (Phi) is 5.49. The molecule has 12 nitrogen and oxygen atoms in total. The standard InChI is InChI=1S/C15H19N5O7S/c1-18(13(21)7-10-3-2-6-16-8-10)17-14(22)12-5-4-11-9-19(12)15(23)20(11)27-28(24,25)26/h2-3,6,8,11-12H,4-5,7,9H2,1H3,(H,17,22)(H,24,25,26)/t11-,12+/m1/s1. The van der Waals surface area contributed by atoms with Crippen molar-refractivity contribution in [2.75, 3.05) is 13.6 Å². The smallest absolute Gasteiger partial charge is 0.309 e. The molecular formula is C15H19N5O7S. The zero-order chi connectivity index (χ0) is 20.5. The third-order valence-electron chi connectivity index (χ3n) is 4.53. The number of amides is 4. The van der Waals surface area contributed by atoms with Crippen molar-refractivity contribution in [3.63, 3.8) is 0 Å². The highest BCUT2D eigenvalue weighted by molar-refractivity contribution is 7.80. The molecule has 0 aromatic carbocycles. The predicted octanol–water partition coefficient (Wildman–Crippen LogP) is -0.883. The summed E-state index contributed by atoms with van der Waals surface area (Å²) >= 11 is 0. The molecule has 0 unspecified atom stereocenters. The Bertz CT molecular complexity index is 878. The molecule has 0 spiro atoms. The van der Waals surface area contributed by atoms with Crippen LogP contribution < -0.4 is 5.43 Å². The molecule has 2 aliphatic rings. The highest BCUT2D eigenvalue weighted by atomic mass is 32.3. The highest BCUT2D eigenvalue weighted by Crippen LogP contribution is 2.30. The van der Waals surface area contributed by atoms with Crippen LogP contribution in [0.5, 0.6) is 0 Å². The number of likely N-dealkylation sites (N-methyl/N-ethyl adjacent to an activating group) is 1. The van der Waals surface area contributed by atoms with E-state index in [2.05, 4.69) is 14.7 Å². The summed E-state index contributed by atoms with van der Waals surface area (Å²) in [5.41, 5.74) is 3.12. The molecule has 0 radical (unpaired) electrons. The fourth-order valence-corrected chi connectivity index (χ4v) is 3.59. The predicted molar refractivity (Wildman–Crippen MR) is 92.2 cm³/mol. The summed E-state index contributed by atoms with van der Waals surface area (Å²) in [4.78, 5) is 42.2. The fourth-order valence-electron chi connectivity index (χ4n) is 3.20. The van der Waals surface area contributed by atoms with Crippen LogP contribution in [0.3, 0.4) is 0 Å². The molecular weight excluding hydrogens is 394 g/mol. The molecule has 152 valence electrons. The molecule has 2 aliphatic heterocycles. The van der Waals surface area contributed by atoms with Crippen LogP contribution >= 0.6 is 0 Å². The van der Waals surface area contributed by atoms with E-state index >= 15 is 0 Å². The summed E-state index contributed by atoms with van der Waals surface area (Å²) in [6.45, 7) is 0.0692. The van der Waals surface area contributed by atoms with Crippen LogP contribution in [0.2, 0.25) is 0 Å². The number of nitrogens with zero attached hydrogens (tertiary/aromatic N) is 4. The molecule has 28 heavy (non-hydrogen) atoms. The average Bonchev–Trinajstić information content (AvgIpc) is 2.86. The largest absolute Gasteiger partial charge is 0.418 e. The lowest BCUT2D eigenvalue weighted by Crippen LogP contribution is -2.54. The lowest BCUT2D eigenvalue weighted by Gasteiger charge is -2.30. The van der Waals surface area contributed by atoms with Crippen molar-refractivity contribution in [2.24, 2.45) is 0 Å². The zero-order valence-corrected chi connectivity index (χ0v) is 15.7. The van der Waals surface area contributed by atoms with E-state index in [9.17, 15) is 22.8 Å². The summed E-state index contributed by atoms with van der Waals surface area (Å²) in [7, 11) is -3.47. The Balaban J connectivity index is 1.60. The van der Waals surface area contributed by atoms with Crippen molar-refractivity contribution >= 4 is 28.2 Å². The van der Waals surface area contributed by atoms with Gasteiger partial charge in [-0.3, -0.25) is 29.6 Å². The van der Waals surface area contributed by atoms with Crippen LogP contribution in [0.25, 0.3) is 0 Å². The van der Waals surface area contributed by atoms with Crippen molar-refractivity contribution < 1.29 is 31.6 Å². The number of hydroxylamine groups is 2. The van der Waals surface area contributed by atoms with Crippen LogP contribution in [0.15, 0.2) is 24.5 Å². The maximum absolute atomic E-state index is 12.6. The number of piperidine rings is 1. The minimum absolute atomic E-state index is 0.0377. The number of rotatable bonds is 5. The van der Waals surface area contributed by atoms with Crippen molar-refractivity contribution in [2.45, 2.75) is 31.3 Å². The van der Waals surface area contributed by atoms with E-state index < -0.39 is 34.4 Å². The highest BCUT2D eigenvalue weighted by Gasteiger charge is 2.49. The monoisotopic (exact) mass is 413 g/mol. The first-order chi connectivity index (χ1) is 13.2. The number of hydrogen-bond acceptors (Lipinski definition) is 7. The first-order valence-corrected chi connectivity index (χ1v) is 9.75. The second kappa shape index (κ2) is 7.69. The average molecular weight is 413 g/mol.